The van der Waals surface area contributed by atoms with E-state index in [1.807, 2.05) is 19.1 Å². The maximum atomic E-state index is 13.6. The summed E-state index contributed by atoms with van der Waals surface area (Å²) in [6.45, 7) is 10.7. The van der Waals surface area contributed by atoms with Crippen molar-refractivity contribution in [2.45, 2.75) is 147 Å². The van der Waals surface area contributed by atoms with Gasteiger partial charge in [-0.15, -0.1) is 0 Å². The molecule has 2 aliphatic heterocycles. The van der Waals surface area contributed by atoms with Crippen molar-refractivity contribution in [3.05, 3.63) is 59.7 Å². The molecule has 2 heterocycles. The molecule has 7 rings (SSSR count). The first kappa shape index (κ1) is 48.0. The summed E-state index contributed by atoms with van der Waals surface area (Å²) in [4.78, 5) is 66.7. The molecule has 2 saturated heterocycles. The van der Waals surface area contributed by atoms with Gasteiger partial charge in [-0.2, -0.15) is 0 Å². The van der Waals surface area contributed by atoms with Crippen molar-refractivity contribution < 1.29 is 38.4 Å². The standard InChI is InChI=1S/C45H68BN9O8/c1-6-7-10-26-12-14-27(15-13-26)28-16-18-29(19-17-28)38(57)51-31-23-33(50-24-31)40(59)53-36(25(2)56)41(60)54-37(48)42(61)52-32(11-8-9-20-47)39(58)55-43(49)46-62-35-22-30-21-34(44(30,3)4)45(35,5)63-46/h12-19,25,30-37,43,50,56H,6-11,20-24,47-49H2,1-5H3,(H,51,57)(H,52,61)(H,53,59)(H,54,60)(H,55,58)/t25-,30+,31-,32+,33+,34+,35?,36+,37-,43-,45+/m1/s1. The van der Waals surface area contributed by atoms with Gasteiger partial charge >= 0.3 is 7.12 Å². The topological polar surface area (TPSA) is 274 Å². The van der Waals surface area contributed by atoms with E-state index in [9.17, 15) is 29.1 Å². The summed E-state index contributed by atoms with van der Waals surface area (Å²) in [5, 5.41) is 26.7. The van der Waals surface area contributed by atoms with E-state index in [0.717, 1.165) is 43.2 Å². The lowest BCUT2D eigenvalue weighted by Crippen LogP contribution is -2.65. The number of rotatable bonds is 20. The first-order valence-corrected chi connectivity index (χ1v) is 22.6. The Labute approximate surface area is 371 Å². The first-order chi connectivity index (χ1) is 29.9. The maximum Gasteiger partial charge on any atom is 0.497 e. The fraction of sp³-hybridized carbons (Fsp3) is 0.622. The molecule has 0 spiro atoms. The molecular weight excluding hydrogens is 805 g/mol. The van der Waals surface area contributed by atoms with Gasteiger partial charge in [0.05, 0.1) is 23.9 Å². The van der Waals surface area contributed by atoms with Crippen molar-refractivity contribution in [2.24, 2.45) is 34.5 Å². The van der Waals surface area contributed by atoms with E-state index < -0.39 is 72.8 Å². The van der Waals surface area contributed by atoms with Crippen molar-refractivity contribution in [2.75, 3.05) is 13.1 Å². The van der Waals surface area contributed by atoms with Gasteiger partial charge in [0, 0.05) is 18.2 Å². The predicted molar refractivity (Wildman–Crippen MR) is 239 cm³/mol. The molecule has 2 aromatic carbocycles. The average molecular weight is 874 g/mol. The van der Waals surface area contributed by atoms with Crippen LogP contribution in [0.3, 0.4) is 0 Å². The minimum atomic E-state index is -1.65. The number of amides is 5. The van der Waals surface area contributed by atoms with Crippen LogP contribution in [0, 0.1) is 17.3 Å². The molecule has 11 atom stereocenters. The number of nitrogens with one attached hydrogen (secondary N) is 6. The molecule has 5 aliphatic rings. The Morgan fingerprint density at radius 1 is 0.873 bits per heavy atom. The highest BCUT2D eigenvalue weighted by molar-refractivity contribution is 6.47. The average Bonchev–Trinajstić information content (AvgIpc) is 3.88. The van der Waals surface area contributed by atoms with Crippen LogP contribution >= 0.6 is 0 Å². The molecule has 3 saturated carbocycles. The van der Waals surface area contributed by atoms with Crippen LogP contribution in [0.2, 0.25) is 0 Å². The zero-order valence-electron chi connectivity index (χ0n) is 37.3. The molecular formula is C45H68BN9O8. The Morgan fingerprint density at radius 2 is 1.56 bits per heavy atom. The lowest BCUT2D eigenvalue weighted by Gasteiger charge is -2.64. The molecule has 13 N–H and O–H groups in total. The van der Waals surface area contributed by atoms with E-state index in [2.05, 4.69) is 76.9 Å². The summed E-state index contributed by atoms with van der Waals surface area (Å²) in [6.07, 6.45) is 3.59. The molecule has 63 heavy (non-hydrogen) atoms. The quantitative estimate of drug-likeness (QED) is 0.0501. The van der Waals surface area contributed by atoms with Crippen molar-refractivity contribution in [1.82, 2.24) is 31.9 Å². The zero-order valence-corrected chi connectivity index (χ0v) is 37.3. The highest BCUT2D eigenvalue weighted by Crippen LogP contribution is 2.65. The Balaban J connectivity index is 0.965. The van der Waals surface area contributed by atoms with Crippen molar-refractivity contribution in [3.8, 4) is 11.1 Å². The molecule has 18 heteroatoms. The second-order valence-corrected chi connectivity index (χ2v) is 18.7. The lowest BCUT2D eigenvalue weighted by molar-refractivity contribution is -0.199. The van der Waals surface area contributed by atoms with Crippen LogP contribution in [0.15, 0.2) is 48.5 Å². The summed E-state index contributed by atoms with van der Waals surface area (Å²) in [7, 11) is -0.884. The molecule has 3 aliphatic carbocycles. The van der Waals surface area contributed by atoms with Crippen LogP contribution in [0.5, 0.6) is 0 Å². The number of aliphatic hydroxyl groups is 1. The first-order valence-electron chi connectivity index (χ1n) is 22.6. The fourth-order valence-electron chi connectivity index (χ4n) is 9.75. The second-order valence-electron chi connectivity index (χ2n) is 18.7. The maximum absolute atomic E-state index is 13.6. The monoisotopic (exact) mass is 874 g/mol. The predicted octanol–water partition coefficient (Wildman–Crippen LogP) is 0.705. The lowest BCUT2D eigenvalue weighted by atomic mass is 9.43. The number of unbranched alkanes of at least 4 members (excludes halogenated alkanes) is 2. The van der Waals surface area contributed by atoms with Crippen LogP contribution in [-0.4, -0.2) is 109 Å². The van der Waals surface area contributed by atoms with Gasteiger partial charge in [0.15, 0.2) is 6.17 Å². The van der Waals surface area contributed by atoms with E-state index in [4.69, 9.17) is 26.5 Å². The SMILES string of the molecule is CCCCc1ccc(-c2ccc(C(=O)N[C@H]3CN[C@H](C(=O)N[C@H](C(=O)N[C@@H](N)C(=O)N[C@@H](CCCCN)C(=O)N[C@@H](N)B4OC5C[C@@H]6C[C@@H](C6(C)C)[C@]5(C)O4)[C@@H](C)O)C3)cc2)cc1. The molecule has 2 bridgehead atoms. The minimum Gasteiger partial charge on any atom is -0.403 e. The van der Waals surface area contributed by atoms with Crippen LogP contribution in [-0.2, 0) is 34.9 Å². The fourth-order valence-corrected chi connectivity index (χ4v) is 9.75. The molecule has 5 fully saturated rings. The van der Waals surface area contributed by atoms with Crippen molar-refractivity contribution in [3.63, 3.8) is 0 Å². The van der Waals surface area contributed by atoms with E-state index in [1.54, 1.807) is 12.1 Å². The second kappa shape index (κ2) is 20.6. The van der Waals surface area contributed by atoms with Gasteiger partial charge in [-0.25, -0.2) is 0 Å². The van der Waals surface area contributed by atoms with Crippen LogP contribution in [0.4, 0.5) is 0 Å². The molecule has 1 unspecified atom stereocenters. The number of hydrogen-bond donors (Lipinski definition) is 10. The van der Waals surface area contributed by atoms with E-state index >= 15 is 0 Å². The van der Waals surface area contributed by atoms with Crippen molar-refractivity contribution >= 4 is 36.7 Å². The molecule has 17 nitrogen and oxygen atoms in total. The highest BCUT2D eigenvalue weighted by atomic mass is 16.7. The molecule has 5 amide bonds. The number of hydrogen-bond acceptors (Lipinski definition) is 12. The number of nitrogens with two attached hydrogens (primary N) is 3. The number of benzene rings is 2. The van der Waals surface area contributed by atoms with Crippen LogP contribution in [0.1, 0.15) is 102 Å². The summed E-state index contributed by atoms with van der Waals surface area (Å²) in [6, 6.07) is 11.0. The van der Waals surface area contributed by atoms with Gasteiger partial charge < -0.3 is 63.5 Å². The molecule has 344 valence electrons. The minimum absolute atomic E-state index is 0.124. The third kappa shape index (κ3) is 11.1. The van der Waals surface area contributed by atoms with E-state index in [-0.39, 0.29) is 36.3 Å². The third-order valence-corrected chi connectivity index (χ3v) is 13.8. The summed E-state index contributed by atoms with van der Waals surface area (Å²) in [5.74, 6) is -2.43. The van der Waals surface area contributed by atoms with Gasteiger partial charge in [-0.3, -0.25) is 24.0 Å². The smallest absolute Gasteiger partial charge is 0.403 e. The Morgan fingerprint density at radius 3 is 2.19 bits per heavy atom. The number of carbonyl (C=O) groups excluding carboxylic acids is 5. The van der Waals surface area contributed by atoms with Crippen LogP contribution < -0.4 is 49.1 Å². The molecule has 0 radical (unpaired) electrons. The summed E-state index contributed by atoms with van der Waals surface area (Å²) < 4.78 is 12.6. The van der Waals surface area contributed by atoms with E-state index in [1.165, 1.54) is 12.5 Å². The van der Waals surface area contributed by atoms with Crippen molar-refractivity contribution in [1.29, 1.82) is 0 Å². The van der Waals surface area contributed by atoms with Gasteiger partial charge in [-0.05, 0) is 118 Å². The number of aryl methyl sites for hydroxylation is 1. The third-order valence-electron chi connectivity index (χ3n) is 13.8. The Kier molecular flexibility index (Phi) is 15.7. The molecule has 0 aromatic heterocycles. The molecule has 2 aromatic rings. The zero-order chi connectivity index (χ0) is 45.6. The Hall–Kier alpha value is -4.43. The summed E-state index contributed by atoms with van der Waals surface area (Å²) in [5.41, 5.74) is 21.6. The summed E-state index contributed by atoms with van der Waals surface area (Å²) >= 11 is 0. The van der Waals surface area contributed by atoms with Gasteiger partial charge in [0.1, 0.15) is 18.1 Å². The number of aliphatic hydroxyl groups excluding tert-OH is 1. The van der Waals surface area contributed by atoms with Gasteiger partial charge in [-0.1, -0.05) is 63.6 Å². The number of carbonyl (C=O) groups is 5. The van der Waals surface area contributed by atoms with Crippen LogP contribution in [0.25, 0.3) is 11.1 Å². The Bertz CT molecular complexity index is 1940. The normalized spacial score (nSPS) is 26.8. The largest absolute Gasteiger partial charge is 0.497 e. The van der Waals surface area contributed by atoms with E-state index in [0.29, 0.717) is 43.3 Å². The van der Waals surface area contributed by atoms with Gasteiger partial charge in [0.2, 0.25) is 17.7 Å². The highest BCUT2D eigenvalue weighted by Gasteiger charge is 2.68. The van der Waals surface area contributed by atoms with Gasteiger partial charge in [0.25, 0.3) is 11.8 Å².